The van der Waals surface area contributed by atoms with Gasteiger partial charge in [-0.15, -0.1) is 0 Å². The Morgan fingerprint density at radius 3 is 2.85 bits per heavy atom. The third kappa shape index (κ3) is 3.01. The standard InChI is InChI=1S/C16H29N3O/c1-18-10-5-6-13-12-19(11-8-15(13)18)16(20)14-7-3-2-4-9-17-14/h13-15,17H,2-12H2,1H3. The van der Waals surface area contributed by atoms with E-state index in [1.807, 2.05) is 0 Å². The average Bonchev–Trinajstić information content (AvgIpc) is 2.75. The van der Waals surface area contributed by atoms with E-state index in [2.05, 4.69) is 22.2 Å². The number of likely N-dealkylation sites (tertiary alicyclic amines) is 2. The van der Waals surface area contributed by atoms with Crippen LogP contribution >= 0.6 is 0 Å². The number of carbonyl (C=O) groups is 1. The summed E-state index contributed by atoms with van der Waals surface area (Å²) in [6, 6.07) is 0.810. The maximum absolute atomic E-state index is 12.7. The quantitative estimate of drug-likeness (QED) is 0.789. The summed E-state index contributed by atoms with van der Waals surface area (Å²) in [6.07, 6.45) is 8.48. The number of hydrogen-bond acceptors (Lipinski definition) is 3. The molecule has 0 aromatic heterocycles. The molecule has 3 aliphatic heterocycles. The molecular formula is C16H29N3O. The molecule has 0 saturated carbocycles. The normalized spacial score (nSPS) is 36.2. The van der Waals surface area contributed by atoms with Gasteiger partial charge in [0.25, 0.3) is 0 Å². The van der Waals surface area contributed by atoms with Gasteiger partial charge in [0, 0.05) is 19.1 Å². The smallest absolute Gasteiger partial charge is 0.239 e. The van der Waals surface area contributed by atoms with Crippen molar-refractivity contribution in [3.8, 4) is 0 Å². The highest BCUT2D eigenvalue weighted by atomic mass is 16.2. The highest BCUT2D eigenvalue weighted by Crippen LogP contribution is 2.30. The van der Waals surface area contributed by atoms with Crippen molar-refractivity contribution >= 4 is 5.91 Å². The van der Waals surface area contributed by atoms with Crippen molar-refractivity contribution in [3.05, 3.63) is 0 Å². The van der Waals surface area contributed by atoms with Crippen LogP contribution in [-0.2, 0) is 4.79 Å². The highest BCUT2D eigenvalue weighted by Gasteiger charge is 2.37. The molecule has 1 amide bonds. The molecule has 0 bridgehead atoms. The lowest BCUT2D eigenvalue weighted by Crippen LogP contribution is -2.56. The van der Waals surface area contributed by atoms with E-state index in [0.29, 0.717) is 11.8 Å². The van der Waals surface area contributed by atoms with Crippen LogP contribution in [0, 0.1) is 5.92 Å². The van der Waals surface area contributed by atoms with Crippen LogP contribution in [0.2, 0.25) is 0 Å². The van der Waals surface area contributed by atoms with E-state index in [4.69, 9.17) is 0 Å². The van der Waals surface area contributed by atoms with E-state index < -0.39 is 0 Å². The van der Waals surface area contributed by atoms with Crippen LogP contribution in [0.1, 0.15) is 44.9 Å². The first-order valence-electron chi connectivity index (χ1n) is 8.48. The van der Waals surface area contributed by atoms with Crippen LogP contribution in [0.15, 0.2) is 0 Å². The van der Waals surface area contributed by atoms with Gasteiger partial charge in [-0.2, -0.15) is 0 Å². The largest absolute Gasteiger partial charge is 0.341 e. The molecule has 3 rings (SSSR count). The third-order valence-electron chi connectivity index (χ3n) is 5.52. The second kappa shape index (κ2) is 6.44. The van der Waals surface area contributed by atoms with Crippen molar-refractivity contribution in [2.24, 2.45) is 5.92 Å². The molecule has 0 radical (unpaired) electrons. The van der Waals surface area contributed by atoms with Crippen molar-refractivity contribution < 1.29 is 4.79 Å². The minimum Gasteiger partial charge on any atom is -0.341 e. The van der Waals surface area contributed by atoms with Crippen molar-refractivity contribution in [2.45, 2.75) is 57.0 Å². The Balaban J connectivity index is 1.59. The Morgan fingerprint density at radius 2 is 1.95 bits per heavy atom. The van der Waals surface area contributed by atoms with E-state index in [0.717, 1.165) is 32.1 Å². The Labute approximate surface area is 122 Å². The molecule has 3 heterocycles. The molecule has 3 saturated heterocycles. The molecule has 4 nitrogen and oxygen atoms in total. The van der Waals surface area contributed by atoms with Crippen molar-refractivity contribution in [1.29, 1.82) is 0 Å². The van der Waals surface area contributed by atoms with E-state index in [-0.39, 0.29) is 6.04 Å². The van der Waals surface area contributed by atoms with Crippen molar-refractivity contribution in [3.63, 3.8) is 0 Å². The van der Waals surface area contributed by atoms with Crippen LogP contribution < -0.4 is 5.32 Å². The monoisotopic (exact) mass is 279 g/mol. The summed E-state index contributed by atoms with van der Waals surface area (Å²) in [5.41, 5.74) is 0. The first-order valence-corrected chi connectivity index (χ1v) is 8.48. The number of piperidine rings is 2. The van der Waals surface area contributed by atoms with E-state index in [9.17, 15) is 4.79 Å². The number of hydrogen-bond donors (Lipinski definition) is 1. The van der Waals surface area contributed by atoms with Crippen LogP contribution in [0.4, 0.5) is 0 Å². The predicted molar refractivity (Wildman–Crippen MR) is 80.6 cm³/mol. The molecule has 0 aromatic rings. The highest BCUT2D eigenvalue weighted by molar-refractivity contribution is 5.82. The summed E-state index contributed by atoms with van der Waals surface area (Å²) in [6.45, 7) is 4.20. The maximum Gasteiger partial charge on any atom is 0.239 e. The molecule has 0 aromatic carbocycles. The van der Waals surface area contributed by atoms with Crippen LogP contribution in [0.25, 0.3) is 0 Å². The van der Waals surface area contributed by atoms with Gasteiger partial charge < -0.3 is 15.1 Å². The molecule has 1 N–H and O–H groups in total. The van der Waals surface area contributed by atoms with Gasteiger partial charge in [0.15, 0.2) is 0 Å². The number of fused-ring (bicyclic) bond motifs is 1. The lowest BCUT2D eigenvalue weighted by Gasteiger charge is -2.46. The zero-order valence-electron chi connectivity index (χ0n) is 12.8. The minimum absolute atomic E-state index is 0.0929. The Kier molecular flexibility index (Phi) is 4.61. The van der Waals surface area contributed by atoms with Gasteiger partial charge in [0.2, 0.25) is 5.91 Å². The molecule has 0 spiro atoms. The lowest BCUT2D eigenvalue weighted by atomic mass is 9.84. The fraction of sp³-hybridized carbons (Fsp3) is 0.938. The number of amides is 1. The Morgan fingerprint density at radius 1 is 1.05 bits per heavy atom. The SMILES string of the molecule is CN1CCCC2CN(C(=O)C3CCCCCN3)CCC21. The van der Waals surface area contributed by atoms with Crippen molar-refractivity contribution in [2.75, 3.05) is 33.2 Å². The summed E-state index contributed by atoms with van der Waals surface area (Å²) in [7, 11) is 2.25. The number of nitrogens with zero attached hydrogens (tertiary/aromatic N) is 2. The van der Waals surface area contributed by atoms with Gasteiger partial charge in [-0.1, -0.05) is 12.8 Å². The van der Waals surface area contributed by atoms with Gasteiger partial charge in [-0.3, -0.25) is 4.79 Å². The summed E-state index contributed by atoms with van der Waals surface area (Å²) in [5.74, 6) is 1.08. The maximum atomic E-state index is 12.7. The first-order chi connectivity index (χ1) is 9.75. The molecule has 3 aliphatic rings. The van der Waals surface area contributed by atoms with Crippen molar-refractivity contribution in [1.82, 2.24) is 15.1 Å². The number of carbonyl (C=O) groups excluding carboxylic acids is 1. The van der Waals surface area contributed by atoms with Crippen LogP contribution in [0.5, 0.6) is 0 Å². The fourth-order valence-corrected chi connectivity index (χ4v) is 4.31. The molecule has 3 unspecified atom stereocenters. The Bertz CT molecular complexity index is 339. The van der Waals surface area contributed by atoms with Gasteiger partial charge in [-0.25, -0.2) is 0 Å². The first kappa shape index (κ1) is 14.3. The van der Waals surface area contributed by atoms with E-state index in [1.54, 1.807) is 0 Å². The number of rotatable bonds is 1. The molecule has 20 heavy (non-hydrogen) atoms. The topological polar surface area (TPSA) is 35.6 Å². The van der Waals surface area contributed by atoms with Gasteiger partial charge in [0.1, 0.15) is 0 Å². The predicted octanol–water partition coefficient (Wildman–Crippen LogP) is 1.46. The molecule has 3 atom stereocenters. The van der Waals surface area contributed by atoms with Crippen LogP contribution in [0.3, 0.4) is 0 Å². The van der Waals surface area contributed by atoms with E-state index in [1.165, 1.54) is 45.1 Å². The summed E-state index contributed by atoms with van der Waals surface area (Å²) in [4.78, 5) is 17.4. The lowest BCUT2D eigenvalue weighted by molar-refractivity contribution is -0.137. The van der Waals surface area contributed by atoms with E-state index >= 15 is 0 Å². The fourth-order valence-electron chi connectivity index (χ4n) is 4.31. The third-order valence-corrected chi connectivity index (χ3v) is 5.52. The summed E-state index contributed by atoms with van der Waals surface area (Å²) < 4.78 is 0. The second-order valence-corrected chi connectivity index (χ2v) is 6.88. The Hall–Kier alpha value is -0.610. The van der Waals surface area contributed by atoms with Gasteiger partial charge in [0.05, 0.1) is 6.04 Å². The van der Waals surface area contributed by atoms with Gasteiger partial charge in [-0.05, 0) is 58.2 Å². The molecule has 3 fully saturated rings. The molecule has 114 valence electrons. The van der Waals surface area contributed by atoms with Gasteiger partial charge >= 0.3 is 0 Å². The summed E-state index contributed by atoms with van der Waals surface area (Å²) in [5, 5.41) is 3.46. The average molecular weight is 279 g/mol. The van der Waals surface area contributed by atoms with Crippen LogP contribution in [-0.4, -0.2) is 61.0 Å². The molecule has 4 heteroatoms. The zero-order valence-corrected chi connectivity index (χ0v) is 12.8. The number of nitrogens with one attached hydrogen (secondary N) is 1. The summed E-state index contributed by atoms with van der Waals surface area (Å²) >= 11 is 0. The minimum atomic E-state index is 0.0929. The zero-order chi connectivity index (χ0) is 13.9. The molecule has 0 aliphatic carbocycles. The second-order valence-electron chi connectivity index (χ2n) is 6.88. The molecular weight excluding hydrogens is 250 g/mol.